The van der Waals surface area contributed by atoms with Crippen LogP contribution in [0.25, 0.3) is 10.9 Å². The van der Waals surface area contributed by atoms with Crippen LogP contribution in [0.2, 0.25) is 5.02 Å². The molecule has 0 radical (unpaired) electrons. The molecule has 0 saturated heterocycles. The van der Waals surface area contributed by atoms with Gasteiger partial charge in [-0.25, -0.2) is 14.4 Å². The number of anilines is 1. The SMILES string of the molecule is Cc1ncc2c(NC3c4cc(C)c(Cl)c(C=O)c4C(C)(C)CC3(C=O)C(F)(F)F)cc(F)cc2n1. The van der Waals surface area contributed by atoms with Crippen LogP contribution >= 0.6 is 11.6 Å². The first-order valence-corrected chi connectivity index (χ1v) is 11.1. The van der Waals surface area contributed by atoms with Gasteiger partial charge in [0.15, 0.2) is 6.29 Å². The lowest BCUT2D eigenvalue weighted by Crippen LogP contribution is -2.54. The Hall–Kier alpha value is -3.07. The monoisotopic (exact) mass is 507 g/mol. The average Bonchev–Trinajstić information content (AvgIpc) is 2.75. The highest BCUT2D eigenvalue weighted by molar-refractivity contribution is 6.34. The molecule has 0 bridgehead atoms. The first-order chi connectivity index (χ1) is 16.3. The van der Waals surface area contributed by atoms with E-state index in [1.807, 2.05) is 0 Å². The Morgan fingerprint density at radius 3 is 2.46 bits per heavy atom. The van der Waals surface area contributed by atoms with Crippen LogP contribution in [0.4, 0.5) is 23.2 Å². The molecule has 1 aliphatic rings. The Balaban J connectivity index is 2.07. The van der Waals surface area contributed by atoms with E-state index in [0.29, 0.717) is 23.2 Å². The second-order valence-corrected chi connectivity index (χ2v) is 9.98. The van der Waals surface area contributed by atoms with E-state index in [0.717, 1.165) is 12.1 Å². The van der Waals surface area contributed by atoms with Crippen molar-refractivity contribution in [3.63, 3.8) is 0 Å². The van der Waals surface area contributed by atoms with Crippen LogP contribution in [0.5, 0.6) is 0 Å². The van der Waals surface area contributed by atoms with Crippen LogP contribution in [-0.2, 0) is 10.2 Å². The molecular formula is C25H22ClF4N3O2. The quantitative estimate of drug-likeness (QED) is 0.325. The summed E-state index contributed by atoms with van der Waals surface area (Å²) in [5.41, 5.74) is -3.07. The zero-order valence-electron chi connectivity index (χ0n) is 19.3. The van der Waals surface area contributed by atoms with Gasteiger partial charge in [0, 0.05) is 28.9 Å². The molecule has 184 valence electrons. The van der Waals surface area contributed by atoms with Crippen molar-refractivity contribution in [1.82, 2.24) is 9.97 Å². The first-order valence-electron chi connectivity index (χ1n) is 10.8. The maximum atomic E-state index is 14.7. The van der Waals surface area contributed by atoms with E-state index in [1.165, 1.54) is 12.3 Å². The van der Waals surface area contributed by atoms with E-state index in [-0.39, 0.29) is 39.0 Å². The number of nitrogens with zero attached hydrogens (tertiary/aromatic N) is 2. The minimum absolute atomic E-state index is 0.00797. The normalized spacial score (nSPS) is 21.5. The summed E-state index contributed by atoms with van der Waals surface area (Å²) >= 11 is 6.36. The third kappa shape index (κ3) is 3.86. The van der Waals surface area contributed by atoms with Gasteiger partial charge in [-0.2, -0.15) is 13.2 Å². The largest absolute Gasteiger partial charge is 0.403 e. The van der Waals surface area contributed by atoms with E-state index in [9.17, 15) is 27.2 Å². The van der Waals surface area contributed by atoms with E-state index in [1.54, 1.807) is 27.7 Å². The van der Waals surface area contributed by atoms with Crippen LogP contribution in [0.3, 0.4) is 0 Å². The molecule has 2 aromatic carbocycles. The Kier molecular flexibility index (Phi) is 5.91. The van der Waals surface area contributed by atoms with Gasteiger partial charge in [0.1, 0.15) is 23.3 Å². The standard InChI is InChI=1S/C25H22ClF4N3O2/c1-12-5-15-20(17(9-34)21(12)26)23(3,4)10-24(11-35,25(28,29)30)22(15)33-19-7-14(27)6-18-16(19)8-31-13(2)32-18/h5-9,11,22,33H,10H2,1-4H3. The third-order valence-corrected chi connectivity index (χ3v) is 7.19. The molecule has 0 amide bonds. The van der Waals surface area contributed by atoms with Gasteiger partial charge in [0.25, 0.3) is 0 Å². The third-order valence-electron chi connectivity index (χ3n) is 6.69. The van der Waals surface area contributed by atoms with Crippen molar-refractivity contribution in [1.29, 1.82) is 0 Å². The Bertz CT molecular complexity index is 1370. The van der Waals surface area contributed by atoms with Crippen molar-refractivity contribution in [2.45, 2.75) is 51.7 Å². The summed E-state index contributed by atoms with van der Waals surface area (Å²) in [7, 11) is 0. The fourth-order valence-electron chi connectivity index (χ4n) is 5.25. The maximum absolute atomic E-state index is 14.7. The molecule has 35 heavy (non-hydrogen) atoms. The summed E-state index contributed by atoms with van der Waals surface area (Å²) in [6.07, 6.45) is -3.81. The first kappa shape index (κ1) is 25.0. The molecule has 0 fully saturated rings. The molecule has 1 N–H and O–H groups in total. The number of halogens is 5. The number of aldehydes is 2. The summed E-state index contributed by atoms with van der Waals surface area (Å²) < 4.78 is 58.7. The predicted octanol–water partition coefficient (Wildman–Crippen LogP) is 6.43. The molecule has 0 saturated carbocycles. The molecule has 0 spiro atoms. The Morgan fingerprint density at radius 1 is 1.17 bits per heavy atom. The van der Waals surface area contributed by atoms with Gasteiger partial charge in [-0.1, -0.05) is 31.5 Å². The van der Waals surface area contributed by atoms with Gasteiger partial charge in [0.05, 0.1) is 16.6 Å². The molecule has 5 nitrogen and oxygen atoms in total. The number of hydrogen-bond acceptors (Lipinski definition) is 5. The van der Waals surface area contributed by atoms with Crippen molar-refractivity contribution in [2.24, 2.45) is 5.41 Å². The number of aromatic nitrogens is 2. The molecule has 10 heteroatoms. The highest BCUT2D eigenvalue weighted by Crippen LogP contribution is 2.60. The lowest BCUT2D eigenvalue weighted by Gasteiger charge is -2.50. The summed E-state index contributed by atoms with van der Waals surface area (Å²) in [5.74, 6) is -0.365. The second-order valence-electron chi connectivity index (χ2n) is 9.60. The molecule has 2 unspecified atom stereocenters. The van der Waals surface area contributed by atoms with Gasteiger partial charge < -0.3 is 10.1 Å². The fourth-order valence-corrected chi connectivity index (χ4v) is 5.45. The van der Waals surface area contributed by atoms with E-state index < -0.39 is 35.3 Å². The van der Waals surface area contributed by atoms with Gasteiger partial charge in [-0.15, -0.1) is 0 Å². The number of fused-ring (bicyclic) bond motifs is 2. The Morgan fingerprint density at radius 2 is 1.86 bits per heavy atom. The molecule has 2 atom stereocenters. The van der Waals surface area contributed by atoms with Gasteiger partial charge >= 0.3 is 6.18 Å². The summed E-state index contributed by atoms with van der Waals surface area (Å²) in [6.45, 7) is 6.25. The topological polar surface area (TPSA) is 72.0 Å². The summed E-state index contributed by atoms with van der Waals surface area (Å²) in [5, 5.41) is 3.21. The number of alkyl halides is 3. The molecule has 1 heterocycles. The smallest absolute Gasteiger partial charge is 0.376 e. The number of carbonyl (C=O) groups excluding carboxylic acids is 2. The van der Waals surface area contributed by atoms with Crippen LogP contribution in [0, 0.1) is 25.1 Å². The van der Waals surface area contributed by atoms with Crippen molar-refractivity contribution < 1.29 is 27.2 Å². The van der Waals surface area contributed by atoms with Gasteiger partial charge in [-0.05, 0) is 48.4 Å². The molecule has 1 aromatic heterocycles. The van der Waals surface area contributed by atoms with Gasteiger partial charge in [-0.3, -0.25) is 4.79 Å². The predicted molar refractivity (Wildman–Crippen MR) is 124 cm³/mol. The van der Waals surface area contributed by atoms with Crippen molar-refractivity contribution in [2.75, 3.05) is 5.32 Å². The highest BCUT2D eigenvalue weighted by atomic mass is 35.5. The van der Waals surface area contributed by atoms with Crippen molar-refractivity contribution in [3.8, 4) is 0 Å². The van der Waals surface area contributed by atoms with E-state index in [2.05, 4.69) is 15.3 Å². The number of nitrogens with one attached hydrogen (secondary N) is 1. The molecule has 1 aliphatic carbocycles. The van der Waals surface area contributed by atoms with E-state index in [4.69, 9.17) is 11.6 Å². The average molecular weight is 508 g/mol. The summed E-state index contributed by atoms with van der Waals surface area (Å²) in [4.78, 5) is 32.6. The number of aryl methyl sites for hydroxylation is 2. The molecule has 0 aliphatic heterocycles. The van der Waals surface area contributed by atoms with Crippen molar-refractivity contribution in [3.05, 3.63) is 63.3 Å². The molecule has 4 rings (SSSR count). The number of hydrogen-bond donors (Lipinski definition) is 1. The van der Waals surface area contributed by atoms with Crippen LogP contribution < -0.4 is 5.32 Å². The number of carbonyl (C=O) groups is 2. The summed E-state index contributed by atoms with van der Waals surface area (Å²) in [6, 6.07) is 1.97. The lowest BCUT2D eigenvalue weighted by atomic mass is 9.57. The highest BCUT2D eigenvalue weighted by Gasteiger charge is 2.65. The second kappa shape index (κ2) is 8.26. The Labute approximate surface area is 203 Å². The lowest BCUT2D eigenvalue weighted by molar-refractivity contribution is -0.227. The molecule has 3 aromatic rings. The van der Waals surface area contributed by atoms with Crippen LogP contribution in [-0.4, -0.2) is 28.7 Å². The molecular weight excluding hydrogens is 486 g/mol. The van der Waals surface area contributed by atoms with Crippen LogP contribution in [0.1, 0.15) is 59.2 Å². The van der Waals surface area contributed by atoms with E-state index >= 15 is 0 Å². The van der Waals surface area contributed by atoms with Crippen molar-refractivity contribution >= 4 is 40.8 Å². The van der Waals surface area contributed by atoms with Crippen LogP contribution in [0.15, 0.2) is 24.4 Å². The zero-order valence-corrected chi connectivity index (χ0v) is 20.1. The maximum Gasteiger partial charge on any atom is 0.403 e. The number of benzene rings is 2. The zero-order chi connectivity index (χ0) is 25.9. The number of rotatable bonds is 4. The minimum Gasteiger partial charge on any atom is -0.376 e. The minimum atomic E-state index is -4.97. The van der Waals surface area contributed by atoms with Gasteiger partial charge in [0.2, 0.25) is 0 Å². The fraction of sp³-hybridized carbons (Fsp3) is 0.360.